The molecule has 0 aliphatic carbocycles. The molecule has 0 aliphatic rings. The van der Waals surface area contributed by atoms with E-state index in [0.29, 0.717) is 0 Å². The van der Waals surface area contributed by atoms with Crippen LogP contribution in [0.3, 0.4) is 0 Å². The molecule has 0 fully saturated rings. The van der Waals surface area contributed by atoms with E-state index in [1.54, 1.807) is 0 Å². The first-order chi connectivity index (χ1) is 18.3. The standard InChI is InChI=1S/C36H22S/c1-2-10-23(11-3-1)31-21-33-28-15-7-5-13-26(28)32(22-34(33)27-14-6-4-12-25(27)31)24-18-19-30-29-16-8-9-17-35(29)37-36(30)20-24/h1-22H. The van der Waals surface area contributed by atoms with Crippen molar-refractivity contribution in [1.82, 2.24) is 0 Å². The largest absolute Gasteiger partial charge is 0.135 e. The van der Waals surface area contributed by atoms with Crippen molar-refractivity contribution in [1.29, 1.82) is 0 Å². The lowest BCUT2D eigenvalue weighted by atomic mass is 9.87. The lowest BCUT2D eigenvalue weighted by Crippen LogP contribution is -1.89. The van der Waals surface area contributed by atoms with E-state index in [1.165, 1.54) is 74.7 Å². The molecule has 1 heteroatoms. The number of benzene rings is 7. The van der Waals surface area contributed by atoms with E-state index in [-0.39, 0.29) is 0 Å². The number of hydrogen-bond donors (Lipinski definition) is 0. The summed E-state index contributed by atoms with van der Waals surface area (Å²) in [7, 11) is 0. The van der Waals surface area contributed by atoms with Crippen LogP contribution < -0.4 is 0 Å². The Morgan fingerprint density at radius 2 is 0.811 bits per heavy atom. The van der Waals surface area contributed by atoms with Crippen LogP contribution in [0.15, 0.2) is 133 Å². The highest BCUT2D eigenvalue weighted by Crippen LogP contribution is 2.43. The average molecular weight is 487 g/mol. The molecule has 0 saturated carbocycles. The topological polar surface area (TPSA) is 0 Å². The van der Waals surface area contributed by atoms with E-state index in [2.05, 4.69) is 133 Å². The van der Waals surface area contributed by atoms with Gasteiger partial charge in [-0.1, -0.05) is 109 Å². The number of hydrogen-bond acceptors (Lipinski definition) is 1. The molecule has 0 spiro atoms. The summed E-state index contributed by atoms with van der Waals surface area (Å²) in [6, 6.07) is 49.0. The van der Waals surface area contributed by atoms with Crippen molar-refractivity contribution in [3.63, 3.8) is 0 Å². The number of thiophene rings is 1. The molecule has 37 heavy (non-hydrogen) atoms. The Labute approximate surface area is 219 Å². The lowest BCUT2D eigenvalue weighted by Gasteiger charge is -2.16. The molecule has 172 valence electrons. The predicted molar refractivity (Wildman–Crippen MR) is 163 cm³/mol. The highest BCUT2D eigenvalue weighted by atomic mass is 32.1. The van der Waals surface area contributed by atoms with Crippen LogP contribution in [0.1, 0.15) is 0 Å². The molecule has 0 amide bonds. The predicted octanol–water partition coefficient (Wildman–Crippen LogP) is 10.8. The molecular weight excluding hydrogens is 464 g/mol. The van der Waals surface area contributed by atoms with Gasteiger partial charge >= 0.3 is 0 Å². The van der Waals surface area contributed by atoms with Crippen molar-refractivity contribution >= 4 is 63.8 Å². The summed E-state index contributed by atoms with van der Waals surface area (Å²) in [5, 5.41) is 10.5. The maximum atomic E-state index is 2.42. The molecule has 8 aromatic rings. The van der Waals surface area contributed by atoms with Crippen LogP contribution in [0.5, 0.6) is 0 Å². The molecule has 0 N–H and O–H groups in total. The quantitative estimate of drug-likeness (QED) is 0.213. The molecule has 0 radical (unpaired) electrons. The first-order valence-electron chi connectivity index (χ1n) is 12.7. The Kier molecular flexibility index (Phi) is 4.49. The Morgan fingerprint density at radius 3 is 1.49 bits per heavy atom. The fourth-order valence-electron chi connectivity index (χ4n) is 5.94. The minimum absolute atomic E-state index is 1.25. The first-order valence-corrected chi connectivity index (χ1v) is 13.5. The van der Waals surface area contributed by atoms with Gasteiger partial charge in [0.05, 0.1) is 0 Å². The monoisotopic (exact) mass is 486 g/mol. The summed E-state index contributed by atoms with van der Waals surface area (Å²) in [5.74, 6) is 0. The third kappa shape index (κ3) is 3.15. The zero-order valence-electron chi connectivity index (χ0n) is 20.1. The molecule has 0 saturated heterocycles. The van der Waals surface area contributed by atoms with Crippen LogP contribution in [0.2, 0.25) is 0 Å². The molecule has 8 rings (SSSR count). The molecule has 0 atom stereocenters. The third-order valence-electron chi connectivity index (χ3n) is 7.66. The average Bonchev–Trinajstić information content (AvgIpc) is 3.34. The van der Waals surface area contributed by atoms with Crippen molar-refractivity contribution in [2.75, 3.05) is 0 Å². The summed E-state index contributed by atoms with van der Waals surface area (Å²) >= 11 is 1.88. The highest BCUT2D eigenvalue weighted by molar-refractivity contribution is 7.25. The van der Waals surface area contributed by atoms with Crippen LogP contribution >= 0.6 is 11.3 Å². The van der Waals surface area contributed by atoms with E-state index < -0.39 is 0 Å². The Morgan fingerprint density at radius 1 is 0.297 bits per heavy atom. The zero-order valence-corrected chi connectivity index (χ0v) is 20.9. The van der Waals surface area contributed by atoms with Gasteiger partial charge in [0.25, 0.3) is 0 Å². The van der Waals surface area contributed by atoms with E-state index in [0.717, 1.165) is 0 Å². The minimum Gasteiger partial charge on any atom is -0.135 e. The zero-order chi connectivity index (χ0) is 24.3. The van der Waals surface area contributed by atoms with Crippen molar-refractivity contribution < 1.29 is 0 Å². The summed E-state index contributed by atoms with van der Waals surface area (Å²) in [5.41, 5.74) is 5.10. The second kappa shape index (κ2) is 8.03. The molecule has 0 aliphatic heterocycles. The fraction of sp³-hybridized carbons (Fsp3) is 0. The van der Waals surface area contributed by atoms with Crippen molar-refractivity contribution in [3.8, 4) is 22.3 Å². The molecule has 1 heterocycles. The SMILES string of the molecule is c1ccc(-c2cc3c4ccccc4c(-c4ccc5c(c4)sc4ccccc45)cc3c3ccccc23)cc1. The van der Waals surface area contributed by atoms with Crippen molar-refractivity contribution in [2.24, 2.45) is 0 Å². The third-order valence-corrected chi connectivity index (χ3v) is 8.79. The van der Waals surface area contributed by atoms with Crippen molar-refractivity contribution in [3.05, 3.63) is 133 Å². The van der Waals surface area contributed by atoms with Gasteiger partial charge in [0.1, 0.15) is 0 Å². The number of fused-ring (bicyclic) bond motifs is 8. The smallest absolute Gasteiger partial charge is 0.0361 e. The molecule has 0 unspecified atom stereocenters. The fourth-order valence-corrected chi connectivity index (χ4v) is 7.09. The van der Waals surface area contributed by atoms with E-state index in [1.807, 2.05) is 11.3 Å². The highest BCUT2D eigenvalue weighted by Gasteiger charge is 2.15. The molecule has 7 aromatic carbocycles. The van der Waals surface area contributed by atoms with Gasteiger partial charge in [-0.3, -0.25) is 0 Å². The summed E-state index contributed by atoms with van der Waals surface area (Å²) < 4.78 is 2.68. The lowest BCUT2D eigenvalue weighted by molar-refractivity contribution is 1.67. The van der Waals surface area contributed by atoms with Crippen LogP contribution in [0.4, 0.5) is 0 Å². The van der Waals surface area contributed by atoms with Gasteiger partial charge in [-0.05, 0) is 78.8 Å². The second-order valence-electron chi connectivity index (χ2n) is 9.71. The van der Waals surface area contributed by atoms with Gasteiger partial charge in [0, 0.05) is 20.2 Å². The summed E-state index contributed by atoms with van der Waals surface area (Å²) in [4.78, 5) is 0. The van der Waals surface area contributed by atoms with Gasteiger partial charge in [-0.2, -0.15) is 0 Å². The van der Waals surface area contributed by atoms with E-state index in [9.17, 15) is 0 Å². The van der Waals surface area contributed by atoms with Crippen LogP contribution in [0.25, 0.3) is 74.7 Å². The summed E-state index contributed by atoms with van der Waals surface area (Å²) in [6.45, 7) is 0. The molecule has 0 nitrogen and oxygen atoms in total. The Balaban J connectivity index is 1.48. The molecular formula is C36H22S. The van der Waals surface area contributed by atoms with E-state index >= 15 is 0 Å². The van der Waals surface area contributed by atoms with Gasteiger partial charge in [0.15, 0.2) is 0 Å². The normalized spacial score (nSPS) is 11.8. The number of rotatable bonds is 2. The van der Waals surface area contributed by atoms with Gasteiger partial charge in [0.2, 0.25) is 0 Å². The van der Waals surface area contributed by atoms with E-state index in [4.69, 9.17) is 0 Å². The maximum absolute atomic E-state index is 2.42. The van der Waals surface area contributed by atoms with Gasteiger partial charge in [-0.15, -0.1) is 11.3 Å². The maximum Gasteiger partial charge on any atom is 0.0361 e. The summed E-state index contributed by atoms with van der Waals surface area (Å²) in [6.07, 6.45) is 0. The Hall–Kier alpha value is -4.46. The van der Waals surface area contributed by atoms with Gasteiger partial charge < -0.3 is 0 Å². The first kappa shape index (κ1) is 20.7. The second-order valence-corrected chi connectivity index (χ2v) is 10.8. The minimum atomic E-state index is 1.25. The molecule has 1 aromatic heterocycles. The van der Waals surface area contributed by atoms with Crippen LogP contribution in [-0.4, -0.2) is 0 Å². The van der Waals surface area contributed by atoms with Gasteiger partial charge in [-0.25, -0.2) is 0 Å². The Bertz CT molecular complexity index is 2130. The van der Waals surface area contributed by atoms with Crippen LogP contribution in [-0.2, 0) is 0 Å². The molecule has 0 bridgehead atoms. The van der Waals surface area contributed by atoms with Crippen LogP contribution in [0, 0.1) is 0 Å². The van der Waals surface area contributed by atoms with Crippen molar-refractivity contribution in [2.45, 2.75) is 0 Å².